The van der Waals surface area contributed by atoms with Crippen LogP contribution >= 0.6 is 0 Å². The van der Waals surface area contributed by atoms with Crippen molar-refractivity contribution in [2.24, 2.45) is 0 Å². The highest BCUT2D eigenvalue weighted by atomic mass is 16.5. The van der Waals surface area contributed by atoms with Crippen LogP contribution in [0.15, 0.2) is 67.3 Å². The standard InChI is InChI=1S/C13H16O3.C8H8O3.C5H8/c1-13(2)7-6-9-8-10(12(14)15-3)4-5-11(9)16-13;1-11-8(10)6-2-4-7(9)5-3-6;1-4-5(2)3/h4-5,8H,6-7H2,1-3H3;2-5,9H,1H3;4H,1-2H2,3H3. The van der Waals surface area contributed by atoms with Crippen LogP contribution in [0, 0.1) is 0 Å². The number of hydrogen-bond acceptors (Lipinski definition) is 6. The van der Waals surface area contributed by atoms with Gasteiger partial charge in [-0.25, -0.2) is 9.59 Å². The monoisotopic (exact) mass is 440 g/mol. The lowest BCUT2D eigenvalue weighted by Gasteiger charge is -2.32. The highest BCUT2D eigenvalue weighted by molar-refractivity contribution is 5.90. The Morgan fingerprint density at radius 1 is 1.03 bits per heavy atom. The molecule has 0 aromatic heterocycles. The molecule has 0 unspecified atom stereocenters. The quantitative estimate of drug-likeness (QED) is 0.501. The molecule has 3 rings (SSSR count). The predicted octanol–water partition coefficient (Wildman–Crippen LogP) is 5.50. The minimum atomic E-state index is -0.398. The molecule has 0 saturated carbocycles. The van der Waals surface area contributed by atoms with Crippen molar-refractivity contribution in [3.05, 3.63) is 84.0 Å². The molecule has 1 aliphatic heterocycles. The molecule has 0 amide bonds. The number of esters is 2. The molecule has 1 aliphatic rings. The van der Waals surface area contributed by atoms with Crippen LogP contribution in [0.4, 0.5) is 0 Å². The molecule has 172 valence electrons. The second kappa shape index (κ2) is 12.3. The normalized spacial score (nSPS) is 12.8. The van der Waals surface area contributed by atoms with E-state index in [1.165, 1.54) is 38.5 Å². The Morgan fingerprint density at radius 3 is 2.03 bits per heavy atom. The van der Waals surface area contributed by atoms with E-state index in [0.717, 1.165) is 29.7 Å². The van der Waals surface area contributed by atoms with Crippen LogP contribution in [-0.2, 0) is 15.9 Å². The summed E-state index contributed by atoms with van der Waals surface area (Å²) in [7, 11) is 2.70. The minimum absolute atomic E-state index is 0.111. The summed E-state index contributed by atoms with van der Waals surface area (Å²) in [4.78, 5) is 22.2. The minimum Gasteiger partial charge on any atom is -0.508 e. The maximum Gasteiger partial charge on any atom is 0.337 e. The molecule has 2 aromatic rings. The van der Waals surface area contributed by atoms with E-state index in [0.29, 0.717) is 11.1 Å². The summed E-state index contributed by atoms with van der Waals surface area (Å²) in [6.07, 6.45) is 3.62. The molecule has 1 N–H and O–H groups in total. The summed E-state index contributed by atoms with van der Waals surface area (Å²) < 4.78 is 15.0. The molecular weight excluding hydrogens is 408 g/mol. The van der Waals surface area contributed by atoms with Crippen LogP contribution in [0.25, 0.3) is 0 Å². The molecule has 0 spiro atoms. The van der Waals surface area contributed by atoms with Gasteiger partial charge in [0.2, 0.25) is 0 Å². The Morgan fingerprint density at radius 2 is 1.53 bits per heavy atom. The zero-order chi connectivity index (χ0) is 24.3. The van der Waals surface area contributed by atoms with Crippen LogP contribution in [0.5, 0.6) is 11.5 Å². The molecule has 32 heavy (non-hydrogen) atoms. The fourth-order valence-corrected chi connectivity index (χ4v) is 2.62. The van der Waals surface area contributed by atoms with Crippen molar-refractivity contribution < 1.29 is 28.9 Å². The fourth-order valence-electron chi connectivity index (χ4n) is 2.62. The van der Waals surface area contributed by atoms with Gasteiger partial charge in [0, 0.05) is 0 Å². The first-order chi connectivity index (χ1) is 15.0. The molecule has 0 fully saturated rings. The number of carbonyl (C=O) groups is 2. The predicted molar refractivity (Wildman–Crippen MR) is 125 cm³/mol. The van der Waals surface area contributed by atoms with E-state index in [-0.39, 0.29) is 17.3 Å². The zero-order valence-corrected chi connectivity index (χ0v) is 19.4. The molecule has 0 aliphatic carbocycles. The number of methoxy groups -OCH3 is 2. The van der Waals surface area contributed by atoms with Crippen molar-refractivity contribution in [1.29, 1.82) is 0 Å². The fraction of sp³-hybridized carbons (Fsp3) is 0.308. The average Bonchev–Trinajstić information content (AvgIpc) is 2.78. The molecular formula is C26H32O6. The van der Waals surface area contributed by atoms with Crippen LogP contribution in [0.1, 0.15) is 53.5 Å². The van der Waals surface area contributed by atoms with Gasteiger partial charge in [0.1, 0.15) is 17.1 Å². The summed E-state index contributed by atoms with van der Waals surface area (Å²) in [5, 5.41) is 8.86. The van der Waals surface area contributed by atoms with Gasteiger partial charge in [-0.3, -0.25) is 0 Å². The van der Waals surface area contributed by atoms with Crippen molar-refractivity contribution in [2.75, 3.05) is 14.2 Å². The first-order valence-corrected chi connectivity index (χ1v) is 10.1. The van der Waals surface area contributed by atoms with Crippen molar-refractivity contribution in [1.82, 2.24) is 0 Å². The number of carbonyl (C=O) groups excluding carboxylic acids is 2. The molecule has 6 nitrogen and oxygen atoms in total. The number of hydrogen-bond donors (Lipinski definition) is 1. The molecule has 1 heterocycles. The van der Waals surface area contributed by atoms with E-state index < -0.39 is 5.97 Å². The Balaban J connectivity index is 0.000000278. The molecule has 0 radical (unpaired) electrons. The molecule has 6 heteroatoms. The molecule has 2 aromatic carbocycles. The highest BCUT2D eigenvalue weighted by Crippen LogP contribution is 2.33. The third-order valence-corrected chi connectivity index (χ3v) is 4.50. The van der Waals surface area contributed by atoms with Crippen molar-refractivity contribution >= 4 is 11.9 Å². The maximum absolute atomic E-state index is 11.4. The number of aromatic hydroxyl groups is 1. The molecule has 0 atom stereocenters. The number of phenolic OH excluding ortho intramolecular Hbond substituents is 1. The third kappa shape index (κ3) is 8.68. The van der Waals surface area contributed by atoms with E-state index in [1.807, 2.05) is 19.1 Å². The first-order valence-electron chi connectivity index (χ1n) is 10.1. The summed E-state index contributed by atoms with van der Waals surface area (Å²) in [5.74, 6) is 0.319. The Hall–Kier alpha value is -3.54. The first kappa shape index (κ1) is 26.5. The summed E-state index contributed by atoms with van der Waals surface area (Å²) >= 11 is 0. The number of ether oxygens (including phenoxy) is 3. The van der Waals surface area contributed by atoms with Gasteiger partial charge >= 0.3 is 11.9 Å². The number of benzene rings is 2. The van der Waals surface area contributed by atoms with Gasteiger partial charge in [-0.15, -0.1) is 0 Å². The van der Waals surface area contributed by atoms with Gasteiger partial charge in [0.15, 0.2) is 0 Å². The summed E-state index contributed by atoms with van der Waals surface area (Å²) in [5.41, 5.74) is 3.02. The van der Waals surface area contributed by atoms with E-state index in [2.05, 4.69) is 36.5 Å². The second-order valence-corrected chi connectivity index (χ2v) is 7.76. The Kier molecular flexibility index (Phi) is 10.2. The maximum atomic E-state index is 11.4. The van der Waals surface area contributed by atoms with E-state index in [1.54, 1.807) is 12.1 Å². The van der Waals surface area contributed by atoms with Crippen LogP contribution < -0.4 is 4.74 Å². The topological polar surface area (TPSA) is 82.1 Å². The lowest BCUT2D eigenvalue weighted by molar-refractivity contribution is 0.0591. The highest BCUT2D eigenvalue weighted by Gasteiger charge is 2.26. The third-order valence-electron chi connectivity index (χ3n) is 4.50. The van der Waals surface area contributed by atoms with Crippen molar-refractivity contribution in [3.63, 3.8) is 0 Å². The van der Waals surface area contributed by atoms with Gasteiger partial charge in [0.25, 0.3) is 0 Å². The van der Waals surface area contributed by atoms with E-state index in [9.17, 15) is 9.59 Å². The van der Waals surface area contributed by atoms with Gasteiger partial charge in [0.05, 0.1) is 25.3 Å². The number of allylic oxidation sites excluding steroid dienone is 2. The number of rotatable bonds is 3. The average molecular weight is 441 g/mol. The van der Waals surface area contributed by atoms with Gasteiger partial charge in [-0.1, -0.05) is 24.8 Å². The van der Waals surface area contributed by atoms with Gasteiger partial charge < -0.3 is 19.3 Å². The number of fused-ring (bicyclic) bond motifs is 1. The second-order valence-electron chi connectivity index (χ2n) is 7.76. The SMILES string of the molecule is C=CC(=C)C.COC(=O)c1ccc(O)cc1.COC(=O)c1ccc2c(c1)CCC(C)(C)O2. The van der Waals surface area contributed by atoms with Gasteiger partial charge in [-0.05, 0) is 81.6 Å². The van der Waals surface area contributed by atoms with Crippen LogP contribution in [-0.4, -0.2) is 36.9 Å². The zero-order valence-electron chi connectivity index (χ0n) is 19.4. The summed E-state index contributed by atoms with van der Waals surface area (Å²) in [6, 6.07) is 11.3. The molecule has 0 saturated heterocycles. The van der Waals surface area contributed by atoms with Crippen molar-refractivity contribution in [3.8, 4) is 11.5 Å². The number of aryl methyl sites for hydroxylation is 1. The Labute approximate surface area is 190 Å². The van der Waals surface area contributed by atoms with E-state index in [4.69, 9.17) is 9.84 Å². The largest absolute Gasteiger partial charge is 0.508 e. The van der Waals surface area contributed by atoms with Gasteiger partial charge in [-0.2, -0.15) is 0 Å². The lowest BCUT2D eigenvalue weighted by Crippen LogP contribution is -2.32. The van der Waals surface area contributed by atoms with Crippen LogP contribution in [0.3, 0.4) is 0 Å². The molecule has 0 bridgehead atoms. The number of phenols is 1. The smallest absolute Gasteiger partial charge is 0.337 e. The van der Waals surface area contributed by atoms with Crippen LogP contribution in [0.2, 0.25) is 0 Å². The summed E-state index contributed by atoms with van der Waals surface area (Å²) in [6.45, 7) is 13.1. The lowest BCUT2D eigenvalue weighted by atomic mass is 9.93. The van der Waals surface area contributed by atoms with Crippen molar-refractivity contribution in [2.45, 2.75) is 39.2 Å². The van der Waals surface area contributed by atoms with E-state index >= 15 is 0 Å². The Bertz CT molecular complexity index is 941.